The van der Waals surface area contributed by atoms with Gasteiger partial charge in [0.1, 0.15) is 17.3 Å². The Morgan fingerprint density at radius 2 is 1.81 bits per heavy atom. The Kier molecular flexibility index (Phi) is 6.73. The first-order valence-electron chi connectivity index (χ1n) is 7.91. The molecule has 0 fully saturated rings. The van der Waals surface area contributed by atoms with E-state index in [2.05, 4.69) is 27.3 Å². The lowest BCUT2D eigenvalue weighted by atomic mass is 10.1. The standard InChI is InChI=1S/C15H24ClN5/c1-2-3-4-5-6-7-8-9-10-17-14-11-13(16)20-15-18-12-19-21(14)15/h11-12,17H,2-10H2,1H3. The predicted molar refractivity (Wildman–Crippen MR) is 86.9 cm³/mol. The summed E-state index contributed by atoms with van der Waals surface area (Å²) in [6.45, 7) is 3.17. The van der Waals surface area contributed by atoms with E-state index in [-0.39, 0.29) is 0 Å². The summed E-state index contributed by atoms with van der Waals surface area (Å²) >= 11 is 5.97. The lowest BCUT2D eigenvalue weighted by molar-refractivity contribution is 0.581. The van der Waals surface area contributed by atoms with Crippen molar-refractivity contribution in [2.24, 2.45) is 0 Å². The van der Waals surface area contributed by atoms with E-state index in [1.165, 1.54) is 51.3 Å². The molecule has 21 heavy (non-hydrogen) atoms. The number of nitrogens with one attached hydrogen (secondary N) is 1. The minimum absolute atomic E-state index is 0.439. The molecule has 2 rings (SSSR count). The van der Waals surface area contributed by atoms with Crippen molar-refractivity contribution in [2.45, 2.75) is 58.3 Å². The molecule has 0 aliphatic rings. The molecule has 0 saturated carbocycles. The third-order valence-electron chi connectivity index (χ3n) is 3.56. The monoisotopic (exact) mass is 309 g/mol. The predicted octanol–water partition coefficient (Wildman–Crippen LogP) is 4.33. The number of hydrogen-bond donors (Lipinski definition) is 1. The molecule has 0 bridgehead atoms. The van der Waals surface area contributed by atoms with Crippen LogP contribution in [0.4, 0.5) is 5.82 Å². The zero-order valence-electron chi connectivity index (χ0n) is 12.7. The average Bonchev–Trinajstić information content (AvgIpc) is 2.93. The van der Waals surface area contributed by atoms with E-state index in [4.69, 9.17) is 11.6 Å². The van der Waals surface area contributed by atoms with Crippen LogP contribution >= 0.6 is 11.6 Å². The number of aromatic nitrogens is 4. The van der Waals surface area contributed by atoms with Gasteiger partial charge in [-0.25, -0.2) is 0 Å². The minimum atomic E-state index is 0.439. The Labute approximate surface area is 131 Å². The van der Waals surface area contributed by atoms with Crippen molar-refractivity contribution in [1.29, 1.82) is 0 Å². The maximum absolute atomic E-state index is 5.97. The normalized spacial score (nSPS) is 11.1. The highest BCUT2D eigenvalue weighted by molar-refractivity contribution is 6.29. The topological polar surface area (TPSA) is 55.1 Å². The molecule has 0 radical (unpaired) electrons. The third-order valence-corrected chi connectivity index (χ3v) is 3.75. The maximum Gasteiger partial charge on any atom is 0.255 e. The van der Waals surface area contributed by atoms with Crippen molar-refractivity contribution in [3.8, 4) is 0 Å². The molecule has 0 saturated heterocycles. The summed E-state index contributed by atoms with van der Waals surface area (Å²) in [7, 11) is 0. The first-order chi connectivity index (χ1) is 10.3. The average molecular weight is 310 g/mol. The second kappa shape index (κ2) is 8.82. The summed E-state index contributed by atoms with van der Waals surface area (Å²) in [5, 5.41) is 7.94. The lowest BCUT2D eigenvalue weighted by Gasteiger charge is -2.08. The van der Waals surface area contributed by atoms with E-state index in [0.717, 1.165) is 18.8 Å². The van der Waals surface area contributed by atoms with Crippen LogP contribution < -0.4 is 5.32 Å². The van der Waals surface area contributed by atoms with Crippen LogP contribution in [0, 0.1) is 0 Å². The minimum Gasteiger partial charge on any atom is -0.370 e. The van der Waals surface area contributed by atoms with Gasteiger partial charge in [0.2, 0.25) is 0 Å². The molecule has 0 unspecified atom stereocenters. The molecule has 0 spiro atoms. The largest absolute Gasteiger partial charge is 0.370 e. The van der Waals surface area contributed by atoms with Gasteiger partial charge in [0.25, 0.3) is 5.78 Å². The van der Waals surface area contributed by atoms with Crippen molar-refractivity contribution in [2.75, 3.05) is 11.9 Å². The Morgan fingerprint density at radius 1 is 1.10 bits per heavy atom. The number of fused-ring (bicyclic) bond motifs is 1. The van der Waals surface area contributed by atoms with Crippen molar-refractivity contribution in [3.63, 3.8) is 0 Å². The van der Waals surface area contributed by atoms with Gasteiger partial charge in [-0.1, -0.05) is 63.5 Å². The lowest BCUT2D eigenvalue weighted by Crippen LogP contribution is -2.07. The van der Waals surface area contributed by atoms with Crippen LogP contribution in [0.25, 0.3) is 5.78 Å². The zero-order valence-corrected chi connectivity index (χ0v) is 13.4. The molecule has 116 valence electrons. The molecule has 1 N–H and O–H groups in total. The number of unbranched alkanes of at least 4 members (excludes halogenated alkanes) is 7. The quantitative estimate of drug-likeness (QED) is 0.524. The smallest absolute Gasteiger partial charge is 0.255 e. The number of hydrogen-bond acceptors (Lipinski definition) is 4. The van der Waals surface area contributed by atoms with E-state index < -0.39 is 0 Å². The summed E-state index contributed by atoms with van der Waals surface area (Å²) in [5.74, 6) is 1.38. The fraction of sp³-hybridized carbons (Fsp3) is 0.667. The second-order valence-electron chi connectivity index (χ2n) is 5.34. The molecule has 0 aliphatic heterocycles. The summed E-state index contributed by atoms with van der Waals surface area (Å²) in [4.78, 5) is 8.15. The molecule has 2 aromatic heterocycles. The van der Waals surface area contributed by atoms with Crippen LogP contribution in [0.5, 0.6) is 0 Å². The van der Waals surface area contributed by atoms with E-state index >= 15 is 0 Å². The highest BCUT2D eigenvalue weighted by atomic mass is 35.5. The van der Waals surface area contributed by atoms with Gasteiger partial charge in [-0.15, -0.1) is 0 Å². The van der Waals surface area contributed by atoms with Crippen LogP contribution in [0.2, 0.25) is 5.15 Å². The fourth-order valence-electron chi connectivity index (χ4n) is 2.38. The Morgan fingerprint density at radius 3 is 2.57 bits per heavy atom. The Hall–Kier alpha value is -1.36. The van der Waals surface area contributed by atoms with Gasteiger partial charge < -0.3 is 5.32 Å². The molecule has 0 aliphatic carbocycles. The molecule has 2 heterocycles. The molecule has 0 aromatic carbocycles. The molecule has 2 aromatic rings. The van der Waals surface area contributed by atoms with Gasteiger partial charge in [-0.2, -0.15) is 19.6 Å². The van der Waals surface area contributed by atoms with Crippen molar-refractivity contribution >= 4 is 23.2 Å². The van der Waals surface area contributed by atoms with Gasteiger partial charge in [-0.3, -0.25) is 0 Å². The van der Waals surface area contributed by atoms with Gasteiger partial charge in [0.05, 0.1) is 0 Å². The van der Waals surface area contributed by atoms with Crippen molar-refractivity contribution < 1.29 is 0 Å². The molecule has 5 nitrogen and oxygen atoms in total. The van der Waals surface area contributed by atoms with Gasteiger partial charge in [0.15, 0.2) is 0 Å². The summed E-state index contributed by atoms with van der Waals surface area (Å²) in [6, 6.07) is 1.79. The van der Waals surface area contributed by atoms with Crippen LogP contribution in [-0.4, -0.2) is 26.1 Å². The number of halogens is 1. The first-order valence-corrected chi connectivity index (χ1v) is 8.29. The second-order valence-corrected chi connectivity index (χ2v) is 5.72. The van der Waals surface area contributed by atoms with Crippen LogP contribution in [0.15, 0.2) is 12.4 Å². The van der Waals surface area contributed by atoms with E-state index in [9.17, 15) is 0 Å². The van der Waals surface area contributed by atoms with Crippen molar-refractivity contribution in [1.82, 2.24) is 19.6 Å². The molecule has 0 amide bonds. The highest BCUT2D eigenvalue weighted by Crippen LogP contribution is 2.15. The SMILES string of the molecule is CCCCCCCCCCNc1cc(Cl)nc2ncnn12. The van der Waals surface area contributed by atoms with Crippen molar-refractivity contribution in [3.05, 3.63) is 17.5 Å². The number of nitrogens with zero attached hydrogens (tertiary/aromatic N) is 4. The van der Waals surface area contributed by atoms with Gasteiger partial charge >= 0.3 is 0 Å². The fourth-order valence-corrected chi connectivity index (χ4v) is 2.56. The Balaban J connectivity index is 1.65. The molecule has 6 heteroatoms. The van der Waals surface area contributed by atoms with Gasteiger partial charge in [0, 0.05) is 12.6 Å². The highest BCUT2D eigenvalue weighted by Gasteiger charge is 2.05. The van der Waals surface area contributed by atoms with E-state index in [1.54, 1.807) is 10.6 Å². The van der Waals surface area contributed by atoms with Crippen LogP contribution in [-0.2, 0) is 0 Å². The molecule has 0 atom stereocenters. The third kappa shape index (κ3) is 5.16. The summed E-state index contributed by atoms with van der Waals surface area (Å²) in [6.07, 6.45) is 12.0. The van der Waals surface area contributed by atoms with Crippen LogP contribution in [0.3, 0.4) is 0 Å². The zero-order chi connectivity index (χ0) is 14.9. The molecular formula is C15H24ClN5. The number of anilines is 1. The first kappa shape index (κ1) is 16.0. The summed E-state index contributed by atoms with van der Waals surface area (Å²) in [5.41, 5.74) is 0. The van der Waals surface area contributed by atoms with Gasteiger partial charge in [-0.05, 0) is 6.42 Å². The van der Waals surface area contributed by atoms with Crippen LogP contribution in [0.1, 0.15) is 58.3 Å². The number of rotatable bonds is 10. The van der Waals surface area contributed by atoms with E-state index in [0.29, 0.717) is 10.9 Å². The Bertz CT molecular complexity index is 540. The molecular weight excluding hydrogens is 286 g/mol. The maximum atomic E-state index is 5.97. The summed E-state index contributed by atoms with van der Waals surface area (Å²) < 4.78 is 1.68. The van der Waals surface area contributed by atoms with E-state index in [1.807, 2.05) is 0 Å².